The van der Waals surface area contributed by atoms with Crippen molar-refractivity contribution in [1.29, 1.82) is 0 Å². The Morgan fingerprint density at radius 1 is 1.26 bits per heavy atom. The number of nitrogens with one attached hydrogen (secondary N) is 2. The fraction of sp³-hybridized carbons (Fsp3) is 0.538. The Balaban J connectivity index is 2.94. The van der Waals surface area contributed by atoms with Crippen molar-refractivity contribution in [2.45, 2.75) is 32.6 Å². The van der Waals surface area contributed by atoms with Crippen LogP contribution >= 0.6 is 0 Å². The van der Waals surface area contributed by atoms with Crippen molar-refractivity contribution in [3.63, 3.8) is 0 Å². The number of sulfonamides is 1. The second kappa shape index (κ2) is 5.90. The van der Waals surface area contributed by atoms with Crippen LogP contribution in [0.1, 0.15) is 27.7 Å². The van der Waals surface area contributed by atoms with Crippen LogP contribution in [-0.2, 0) is 10.0 Å². The van der Waals surface area contributed by atoms with Crippen LogP contribution in [0.4, 0.5) is 5.69 Å². The number of hydrogen-bond acceptors (Lipinski definition) is 4. The van der Waals surface area contributed by atoms with Crippen LogP contribution in [0, 0.1) is 11.3 Å². The molecule has 0 aliphatic rings. The average Bonchev–Trinajstić information content (AvgIpc) is 2.36. The van der Waals surface area contributed by atoms with Gasteiger partial charge in [0.25, 0.3) is 0 Å². The summed E-state index contributed by atoms with van der Waals surface area (Å²) in [7, 11) is -3.56. The van der Waals surface area contributed by atoms with Crippen molar-refractivity contribution in [3.8, 4) is 0 Å². The number of para-hydroxylation sites is 1. The second-order valence-electron chi connectivity index (χ2n) is 5.61. The van der Waals surface area contributed by atoms with Gasteiger partial charge in [0, 0.05) is 6.54 Å². The van der Waals surface area contributed by atoms with Crippen LogP contribution in [0.2, 0.25) is 0 Å². The quantitative estimate of drug-likeness (QED) is 0.551. The molecule has 0 spiro atoms. The molecule has 0 fully saturated rings. The minimum atomic E-state index is -3.56. The summed E-state index contributed by atoms with van der Waals surface area (Å²) in [6.45, 7) is 8.60. The largest absolute Gasteiger partial charge is 0.323 e. The molecule has 19 heavy (non-hydrogen) atoms. The Kier molecular flexibility index (Phi) is 4.95. The normalized spacial score (nSPS) is 12.7. The molecule has 1 aromatic carbocycles. The molecule has 108 valence electrons. The van der Waals surface area contributed by atoms with Crippen LogP contribution in [0.25, 0.3) is 0 Å². The maximum absolute atomic E-state index is 12.3. The van der Waals surface area contributed by atoms with Crippen LogP contribution in [0.3, 0.4) is 0 Å². The molecule has 0 saturated heterocycles. The van der Waals surface area contributed by atoms with Crippen molar-refractivity contribution in [1.82, 2.24) is 4.72 Å². The Bertz CT molecular complexity index is 524. The first kappa shape index (κ1) is 15.9. The fourth-order valence-electron chi connectivity index (χ4n) is 1.38. The molecule has 0 aromatic heterocycles. The summed E-state index contributed by atoms with van der Waals surface area (Å²) in [4.78, 5) is 0.164. The first-order chi connectivity index (χ1) is 8.70. The van der Waals surface area contributed by atoms with Crippen molar-refractivity contribution < 1.29 is 8.42 Å². The summed E-state index contributed by atoms with van der Waals surface area (Å²) in [6, 6.07) is 6.55. The van der Waals surface area contributed by atoms with E-state index < -0.39 is 10.0 Å². The lowest BCUT2D eigenvalue weighted by atomic mass is 9.81. The summed E-state index contributed by atoms with van der Waals surface area (Å²) < 4.78 is 27.2. The molecule has 0 amide bonds. The minimum absolute atomic E-state index is 0.113. The van der Waals surface area contributed by atoms with Crippen LogP contribution in [0.5, 0.6) is 0 Å². The highest BCUT2D eigenvalue weighted by molar-refractivity contribution is 7.89. The lowest BCUT2D eigenvalue weighted by molar-refractivity contribution is 0.252. The molecule has 0 atom stereocenters. The topological polar surface area (TPSA) is 84.2 Å². The molecule has 4 N–H and O–H groups in total. The molecule has 1 aromatic rings. The highest BCUT2D eigenvalue weighted by Gasteiger charge is 2.26. The van der Waals surface area contributed by atoms with Gasteiger partial charge in [0.1, 0.15) is 4.90 Å². The van der Waals surface area contributed by atoms with Crippen LogP contribution < -0.4 is 16.0 Å². The standard InChI is InChI=1S/C13H23N3O2S/c1-10(2)13(3,4)9-15-19(17,18)12-8-6-5-7-11(12)16-14/h5-8,10,15-16H,9,14H2,1-4H3. The predicted octanol–water partition coefficient (Wildman–Crippen LogP) is 1.93. The van der Waals surface area contributed by atoms with E-state index >= 15 is 0 Å². The van der Waals surface area contributed by atoms with Gasteiger partial charge in [-0.2, -0.15) is 0 Å². The lowest BCUT2D eigenvalue weighted by Crippen LogP contribution is -2.37. The van der Waals surface area contributed by atoms with Crippen molar-refractivity contribution in [2.24, 2.45) is 17.2 Å². The number of anilines is 1. The van der Waals surface area contributed by atoms with E-state index in [1.54, 1.807) is 18.2 Å². The molecule has 0 unspecified atom stereocenters. The van der Waals surface area contributed by atoms with Gasteiger partial charge in [-0.1, -0.05) is 39.8 Å². The van der Waals surface area contributed by atoms with E-state index in [1.165, 1.54) is 6.07 Å². The third-order valence-corrected chi connectivity index (χ3v) is 5.07. The minimum Gasteiger partial charge on any atom is -0.323 e. The van der Waals surface area contributed by atoms with Gasteiger partial charge in [-0.05, 0) is 23.5 Å². The highest BCUT2D eigenvalue weighted by atomic mass is 32.2. The monoisotopic (exact) mass is 285 g/mol. The van der Waals surface area contributed by atoms with E-state index in [9.17, 15) is 8.42 Å². The molecular weight excluding hydrogens is 262 g/mol. The maximum atomic E-state index is 12.3. The molecule has 6 heteroatoms. The Morgan fingerprint density at radius 3 is 2.37 bits per heavy atom. The summed E-state index contributed by atoms with van der Waals surface area (Å²) in [5.74, 6) is 5.71. The van der Waals surface area contributed by atoms with E-state index in [-0.39, 0.29) is 10.3 Å². The first-order valence-corrected chi connectivity index (χ1v) is 7.74. The predicted molar refractivity (Wildman–Crippen MR) is 78.1 cm³/mol. The van der Waals surface area contributed by atoms with E-state index in [0.717, 1.165) is 0 Å². The summed E-state index contributed by atoms with van der Waals surface area (Å²) in [5.41, 5.74) is 2.68. The number of benzene rings is 1. The van der Waals surface area contributed by atoms with Gasteiger partial charge in [0.15, 0.2) is 0 Å². The second-order valence-corrected chi connectivity index (χ2v) is 7.34. The van der Waals surface area contributed by atoms with Crippen molar-refractivity contribution in [3.05, 3.63) is 24.3 Å². The Hall–Kier alpha value is -1.11. The smallest absolute Gasteiger partial charge is 0.242 e. The molecular formula is C13H23N3O2S. The highest BCUT2D eigenvalue weighted by Crippen LogP contribution is 2.26. The number of nitrogens with two attached hydrogens (primary N) is 1. The number of hydrogen-bond donors (Lipinski definition) is 3. The number of rotatable bonds is 6. The van der Waals surface area contributed by atoms with Gasteiger partial charge < -0.3 is 5.43 Å². The number of hydrazine groups is 1. The zero-order chi connectivity index (χ0) is 14.7. The van der Waals surface area contributed by atoms with Gasteiger partial charge in [-0.25, -0.2) is 13.1 Å². The third-order valence-electron chi connectivity index (χ3n) is 3.61. The summed E-state index contributed by atoms with van der Waals surface area (Å²) >= 11 is 0. The maximum Gasteiger partial charge on any atom is 0.242 e. The zero-order valence-corrected chi connectivity index (χ0v) is 12.7. The molecule has 5 nitrogen and oxygen atoms in total. The molecule has 0 heterocycles. The van der Waals surface area contributed by atoms with E-state index in [0.29, 0.717) is 18.2 Å². The van der Waals surface area contributed by atoms with Gasteiger partial charge in [0.2, 0.25) is 10.0 Å². The summed E-state index contributed by atoms with van der Waals surface area (Å²) in [5, 5.41) is 0. The Morgan fingerprint density at radius 2 is 1.84 bits per heavy atom. The first-order valence-electron chi connectivity index (χ1n) is 6.26. The van der Waals surface area contributed by atoms with Gasteiger partial charge in [0.05, 0.1) is 5.69 Å². The third kappa shape index (κ3) is 3.92. The van der Waals surface area contributed by atoms with Gasteiger partial charge in [-0.3, -0.25) is 5.84 Å². The van der Waals surface area contributed by atoms with Crippen LogP contribution in [0.15, 0.2) is 29.2 Å². The van der Waals surface area contributed by atoms with E-state index in [1.807, 2.05) is 13.8 Å². The van der Waals surface area contributed by atoms with Gasteiger partial charge >= 0.3 is 0 Å². The molecule has 0 radical (unpaired) electrons. The molecule has 0 bridgehead atoms. The molecule has 0 saturated carbocycles. The zero-order valence-electron chi connectivity index (χ0n) is 11.9. The fourth-order valence-corrected chi connectivity index (χ4v) is 2.77. The van der Waals surface area contributed by atoms with E-state index in [2.05, 4.69) is 24.0 Å². The van der Waals surface area contributed by atoms with Gasteiger partial charge in [-0.15, -0.1) is 0 Å². The SMILES string of the molecule is CC(C)C(C)(C)CNS(=O)(=O)c1ccccc1NN. The lowest BCUT2D eigenvalue weighted by Gasteiger charge is -2.29. The summed E-state index contributed by atoms with van der Waals surface area (Å²) in [6.07, 6.45) is 0. The average molecular weight is 285 g/mol. The van der Waals surface area contributed by atoms with Crippen molar-refractivity contribution >= 4 is 15.7 Å². The van der Waals surface area contributed by atoms with E-state index in [4.69, 9.17) is 5.84 Å². The molecule has 1 rings (SSSR count). The number of nitrogen functional groups attached to an aromatic ring is 1. The van der Waals surface area contributed by atoms with Crippen molar-refractivity contribution in [2.75, 3.05) is 12.0 Å². The Labute approximate surface area is 115 Å². The molecule has 0 aliphatic heterocycles. The van der Waals surface area contributed by atoms with Crippen LogP contribution in [-0.4, -0.2) is 15.0 Å². The molecule has 0 aliphatic carbocycles.